The predicted molar refractivity (Wildman–Crippen MR) is 71.3 cm³/mol. The summed E-state index contributed by atoms with van der Waals surface area (Å²) in [5, 5.41) is 3.83. The van der Waals surface area contributed by atoms with Gasteiger partial charge in [0.2, 0.25) is 0 Å². The van der Waals surface area contributed by atoms with Gasteiger partial charge in [0.1, 0.15) is 5.15 Å². The highest BCUT2D eigenvalue weighted by Crippen LogP contribution is 2.30. The Morgan fingerprint density at radius 1 is 1.39 bits per heavy atom. The summed E-state index contributed by atoms with van der Waals surface area (Å²) >= 11 is 7.23. The number of carbonyl (C=O) groups is 1. The molecule has 92 valence electrons. The van der Waals surface area contributed by atoms with Crippen LogP contribution in [-0.2, 0) is 12.8 Å². The van der Waals surface area contributed by atoms with Crippen LogP contribution in [0.2, 0.25) is 5.15 Å². The van der Waals surface area contributed by atoms with Gasteiger partial charge in [-0.25, -0.2) is 9.97 Å². The fraction of sp³-hybridized carbons (Fsp3) is 0.250. The summed E-state index contributed by atoms with van der Waals surface area (Å²) in [4.78, 5) is 21.5. The van der Waals surface area contributed by atoms with E-state index in [2.05, 4.69) is 15.3 Å². The Morgan fingerprint density at radius 2 is 2.28 bits per heavy atom. The summed E-state index contributed by atoms with van der Waals surface area (Å²) in [5.74, 6) is -0.202. The number of nitrogens with one attached hydrogen (secondary N) is 1. The van der Waals surface area contributed by atoms with Gasteiger partial charge in [-0.15, -0.1) is 11.3 Å². The molecule has 3 rings (SSSR count). The zero-order chi connectivity index (χ0) is 12.5. The Labute approximate surface area is 113 Å². The van der Waals surface area contributed by atoms with E-state index in [1.165, 1.54) is 17.5 Å². The molecular weight excluding hydrogens is 270 g/mol. The molecule has 2 heterocycles. The van der Waals surface area contributed by atoms with Gasteiger partial charge in [-0.3, -0.25) is 10.1 Å². The zero-order valence-corrected chi connectivity index (χ0v) is 11.0. The molecule has 0 fully saturated rings. The van der Waals surface area contributed by atoms with E-state index in [9.17, 15) is 4.79 Å². The Kier molecular flexibility index (Phi) is 3.01. The second kappa shape index (κ2) is 4.66. The van der Waals surface area contributed by atoms with E-state index < -0.39 is 0 Å². The second-order valence-corrected chi connectivity index (χ2v) is 5.54. The minimum absolute atomic E-state index is 0.202. The van der Waals surface area contributed by atoms with Crippen molar-refractivity contribution >= 4 is 34.0 Å². The molecular formula is C12H10ClN3OS. The Morgan fingerprint density at radius 3 is 3.00 bits per heavy atom. The molecule has 2 aromatic rings. The smallest absolute Gasteiger partial charge is 0.259 e. The monoisotopic (exact) mass is 279 g/mol. The number of rotatable bonds is 2. The van der Waals surface area contributed by atoms with Crippen LogP contribution in [0, 0.1) is 0 Å². The number of pyridine rings is 1. The molecule has 2 aromatic heterocycles. The molecule has 4 nitrogen and oxygen atoms in total. The van der Waals surface area contributed by atoms with Crippen LogP contribution in [0.3, 0.4) is 0 Å². The van der Waals surface area contributed by atoms with Gasteiger partial charge in [0, 0.05) is 11.1 Å². The molecule has 0 saturated heterocycles. The number of aromatic nitrogens is 2. The summed E-state index contributed by atoms with van der Waals surface area (Å²) < 4.78 is 0. The Balaban J connectivity index is 1.75. The number of hydrogen-bond donors (Lipinski definition) is 1. The van der Waals surface area contributed by atoms with Gasteiger partial charge < -0.3 is 0 Å². The lowest BCUT2D eigenvalue weighted by atomic mass is 10.3. The van der Waals surface area contributed by atoms with E-state index in [4.69, 9.17) is 11.6 Å². The van der Waals surface area contributed by atoms with Gasteiger partial charge in [0.05, 0.1) is 11.3 Å². The van der Waals surface area contributed by atoms with Gasteiger partial charge in [-0.05, 0) is 31.4 Å². The summed E-state index contributed by atoms with van der Waals surface area (Å²) in [5.41, 5.74) is 1.61. The first-order chi connectivity index (χ1) is 8.72. The minimum Gasteiger partial charge on any atom is -0.298 e. The lowest BCUT2D eigenvalue weighted by Gasteiger charge is -2.01. The zero-order valence-electron chi connectivity index (χ0n) is 9.44. The van der Waals surface area contributed by atoms with Crippen molar-refractivity contribution in [2.45, 2.75) is 19.3 Å². The molecule has 0 aliphatic heterocycles. The number of amides is 1. The van der Waals surface area contributed by atoms with Crippen LogP contribution in [0.25, 0.3) is 0 Å². The number of hydrogen-bond acceptors (Lipinski definition) is 4. The first kappa shape index (κ1) is 11.6. The average molecular weight is 280 g/mol. The quantitative estimate of drug-likeness (QED) is 0.860. The fourth-order valence-electron chi connectivity index (χ4n) is 1.92. The van der Waals surface area contributed by atoms with E-state index >= 15 is 0 Å². The molecule has 6 heteroatoms. The minimum atomic E-state index is -0.202. The molecule has 0 spiro atoms. The third-order valence-electron chi connectivity index (χ3n) is 2.81. The standard InChI is InChI=1S/C12H10ClN3OS/c13-10-5-4-7(6-14-10)11(17)16-12-15-8-2-1-3-9(8)18-12/h4-6H,1-3H2,(H,15,16,17). The lowest BCUT2D eigenvalue weighted by molar-refractivity contribution is 0.102. The molecule has 0 unspecified atom stereocenters. The van der Waals surface area contributed by atoms with Crippen LogP contribution in [0.15, 0.2) is 18.3 Å². The van der Waals surface area contributed by atoms with Crippen LogP contribution in [-0.4, -0.2) is 15.9 Å². The maximum absolute atomic E-state index is 11.9. The summed E-state index contributed by atoms with van der Waals surface area (Å²) in [6, 6.07) is 3.24. The predicted octanol–water partition coefficient (Wildman–Crippen LogP) is 2.93. The maximum atomic E-state index is 11.9. The molecule has 18 heavy (non-hydrogen) atoms. The molecule has 0 radical (unpaired) electrons. The van der Waals surface area contributed by atoms with E-state index in [0.717, 1.165) is 18.5 Å². The van der Waals surface area contributed by atoms with Crippen LogP contribution < -0.4 is 5.32 Å². The molecule has 0 aromatic carbocycles. The van der Waals surface area contributed by atoms with Crippen molar-refractivity contribution in [3.8, 4) is 0 Å². The molecule has 1 amide bonds. The first-order valence-corrected chi connectivity index (χ1v) is 6.83. The highest BCUT2D eigenvalue weighted by Gasteiger charge is 2.18. The van der Waals surface area contributed by atoms with Gasteiger partial charge in [0.25, 0.3) is 5.91 Å². The number of anilines is 1. The van der Waals surface area contributed by atoms with E-state index in [1.54, 1.807) is 23.5 Å². The van der Waals surface area contributed by atoms with Crippen molar-refractivity contribution in [1.29, 1.82) is 0 Å². The van der Waals surface area contributed by atoms with Crippen molar-refractivity contribution in [1.82, 2.24) is 9.97 Å². The average Bonchev–Trinajstić information content (AvgIpc) is 2.90. The van der Waals surface area contributed by atoms with Crippen LogP contribution in [0.4, 0.5) is 5.13 Å². The molecule has 0 atom stereocenters. The van der Waals surface area contributed by atoms with Crippen LogP contribution >= 0.6 is 22.9 Å². The normalized spacial score (nSPS) is 13.4. The number of halogens is 1. The molecule has 0 bridgehead atoms. The van der Waals surface area contributed by atoms with Crippen molar-refractivity contribution < 1.29 is 4.79 Å². The summed E-state index contributed by atoms with van der Waals surface area (Å²) in [7, 11) is 0. The Hall–Kier alpha value is -1.46. The summed E-state index contributed by atoms with van der Waals surface area (Å²) in [6.45, 7) is 0. The molecule has 0 saturated carbocycles. The molecule has 1 aliphatic rings. The fourth-order valence-corrected chi connectivity index (χ4v) is 3.08. The highest BCUT2D eigenvalue weighted by molar-refractivity contribution is 7.15. The molecule has 1 aliphatic carbocycles. The SMILES string of the molecule is O=C(Nc1nc2c(s1)CCC2)c1ccc(Cl)nc1. The van der Waals surface area contributed by atoms with E-state index in [0.29, 0.717) is 15.8 Å². The third kappa shape index (κ3) is 2.23. The highest BCUT2D eigenvalue weighted by atomic mass is 35.5. The molecule has 1 N–H and O–H groups in total. The van der Waals surface area contributed by atoms with E-state index in [-0.39, 0.29) is 5.91 Å². The van der Waals surface area contributed by atoms with Crippen LogP contribution in [0.1, 0.15) is 27.3 Å². The topological polar surface area (TPSA) is 54.9 Å². The van der Waals surface area contributed by atoms with Crippen molar-refractivity contribution in [2.75, 3.05) is 5.32 Å². The first-order valence-electron chi connectivity index (χ1n) is 5.64. The van der Waals surface area contributed by atoms with Crippen molar-refractivity contribution in [2.24, 2.45) is 0 Å². The van der Waals surface area contributed by atoms with Gasteiger partial charge in [0.15, 0.2) is 5.13 Å². The largest absolute Gasteiger partial charge is 0.298 e. The maximum Gasteiger partial charge on any atom is 0.259 e. The van der Waals surface area contributed by atoms with Crippen LogP contribution in [0.5, 0.6) is 0 Å². The van der Waals surface area contributed by atoms with Crippen molar-refractivity contribution in [3.05, 3.63) is 39.6 Å². The lowest BCUT2D eigenvalue weighted by Crippen LogP contribution is -2.11. The number of fused-ring (bicyclic) bond motifs is 1. The number of aryl methyl sites for hydroxylation is 2. The van der Waals surface area contributed by atoms with Gasteiger partial charge in [-0.1, -0.05) is 11.6 Å². The van der Waals surface area contributed by atoms with Gasteiger partial charge >= 0.3 is 0 Å². The van der Waals surface area contributed by atoms with Crippen molar-refractivity contribution in [3.63, 3.8) is 0 Å². The Bertz CT molecular complexity index is 572. The number of carbonyl (C=O) groups excluding carboxylic acids is 1. The summed E-state index contributed by atoms with van der Waals surface area (Å²) in [6.07, 6.45) is 4.72. The number of nitrogens with zero attached hydrogens (tertiary/aromatic N) is 2. The second-order valence-electron chi connectivity index (χ2n) is 4.07. The number of thiazole rings is 1. The van der Waals surface area contributed by atoms with Gasteiger partial charge in [-0.2, -0.15) is 0 Å². The van der Waals surface area contributed by atoms with E-state index in [1.807, 2.05) is 0 Å². The third-order valence-corrected chi connectivity index (χ3v) is 4.10.